The van der Waals surface area contributed by atoms with Gasteiger partial charge in [0, 0.05) is 6.42 Å². The average molecular weight is 208 g/mol. The first kappa shape index (κ1) is 10.6. The standard InChI is InChI=1S/C12H16O3/c1-11(2)12(9-13,15-14-11)8-10-6-4-3-5-7-10/h3-7,13H,8-9H2,1-2H3. The molecule has 0 bridgehead atoms. The van der Waals surface area contributed by atoms with Crippen LogP contribution in [0.15, 0.2) is 30.3 Å². The van der Waals surface area contributed by atoms with Gasteiger partial charge < -0.3 is 5.11 Å². The average Bonchev–Trinajstić information content (AvgIpc) is 2.26. The van der Waals surface area contributed by atoms with E-state index < -0.39 is 11.2 Å². The number of benzene rings is 1. The van der Waals surface area contributed by atoms with Crippen molar-refractivity contribution in [2.75, 3.05) is 6.61 Å². The molecule has 0 radical (unpaired) electrons. The molecule has 0 aliphatic carbocycles. The molecule has 3 heteroatoms. The molecule has 0 spiro atoms. The molecule has 1 aliphatic heterocycles. The summed E-state index contributed by atoms with van der Waals surface area (Å²) < 4.78 is 0. The van der Waals surface area contributed by atoms with Gasteiger partial charge in [-0.25, -0.2) is 9.78 Å². The van der Waals surface area contributed by atoms with Crippen LogP contribution in [0.2, 0.25) is 0 Å². The molecule has 15 heavy (non-hydrogen) atoms. The fourth-order valence-corrected chi connectivity index (χ4v) is 1.77. The van der Waals surface area contributed by atoms with Crippen LogP contribution >= 0.6 is 0 Å². The Bertz CT molecular complexity index is 330. The minimum absolute atomic E-state index is 0.0328. The first-order valence-electron chi connectivity index (χ1n) is 5.11. The fourth-order valence-electron chi connectivity index (χ4n) is 1.77. The predicted molar refractivity (Wildman–Crippen MR) is 56.2 cm³/mol. The lowest BCUT2D eigenvalue weighted by Crippen LogP contribution is -2.67. The zero-order valence-electron chi connectivity index (χ0n) is 9.06. The summed E-state index contributed by atoms with van der Waals surface area (Å²) in [6.45, 7) is 3.82. The quantitative estimate of drug-likeness (QED) is 0.768. The minimum atomic E-state index is -0.603. The topological polar surface area (TPSA) is 38.7 Å². The van der Waals surface area contributed by atoms with E-state index in [0.29, 0.717) is 6.42 Å². The van der Waals surface area contributed by atoms with Crippen LogP contribution in [-0.4, -0.2) is 22.9 Å². The van der Waals surface area contributed by atoms with E-state index >= 15 is 0 Å². The number of hydrogen-bond acceptors (Lipinski definition) is 3. The van der Waals surface area contributed by atoms with Crippen molar-refractivity contribution in [2.24, 2.45) is 0 Å². The van der Waals surface area contributed by atoms with E-state index in [1.807, 2.05) is 44.2 Å². The molecule has 1 atom stereocenters. The number of hydrogen-bond donors (Lipinski definition) is 1. The van der Waals surface area contributed by atoms with Crippen LogP contribution in [0.4, 0.5) is 0 Å². The Morgan fingerprint density at radius 2 is 1.80 bits per heavy atom. The second-order valence-corrected chi connectivity index (χ2v) is 4.49. The highest BCUT2D eigenvalue weighted by atomic mass is 17.3. The Labute approximate surface area is 89.6 Å². The van der Waals surface area contributed by atoms with Crippen LogP contribution < -0.4 is 0 Å². The highest BCUT2D eigenvalue weighted by molar-refractivity contribution is 5.20. The summed E-state index contributed by atoms with van der Waals surface area (Å²) >= 11 is 0. The van der Waals surface area contributed by atoms with Gasteiger partial charge in [-0.1, -0.05) is 30.3 Å². The van der Waals surface area contributed by atoms with Gasteiger partial charge in [-0.15, -0.1) is 0 Å². The van der Waals surface area contributed by atoms with E-state index in [4.69, 9.17) is 9.78 Å². The van der Waals surface area contributed by atoms with Gasteiger partial charge in [0.25, 0.3) is 0 Å². The molecule has 1 unspecified atom stereocenters. The van der Waals surface area contributed by atoms with Gasteiger partial charge in [0.15, 0.2) is 5.60 Å². The summed E-state index contributed by atoms with van der Waals surface area (Å²) in [5, 5.41) is 9.43. The molecule has 1 saturated heterocycles. The Kier molecular flexibility index (Phi) is 2.54. The smallest absolute Gasteiger partial charge is 0.162 e. The van der Waals surface area contributed by atoms with Crippen LogP contribution in [-0.2, 0) is 16.2 Å². The summed E-state index contributed by atoms with van der Waals surface area (Å²) in [4.78, 5) is 10.2. The van der Waals surface area contributed by atoms with Crippen molar-refractivity contribution in [2.45, 2.75) is 31.5 Å². The maximum atomic E-state index is 9.43. The van der Waals surface area contributed by atoms with Gasteiger partial charge in [0.2, 0.25) is 0 Å². The van der Waals surface area contributed by atoms with Crippen molar-refractivity contribution in [3.05, 3.63) is 35.9 Å². The van der Waals surface area contributed by atoms with Crippen LogP contribution in [0, 0.1) is 0 Å². The van der Waals surface area contributed by atoms with E-state index in [0.717, 1.165) is 5.56 Å². The Balaban J connectivity index is 2.17. The van der Waals surface area contributed by atoms with Crippen LogP contribution in [0.1, 0.15) is 19.4 Å². The summed E-state index contributed by atoms with van der Waals surface area (Å²) in [6, 6.07) is 9.97. The van der Waals surface area contributed by atoms with Crippen molar-refractivity contribution in [3.8, 4) is 0 Å². The van der Waals surface area contributed by atoms with Gasteiger partial charge >= 0.3 is 0 Å². The molecule has 1 aromatic rings. The zero-order valence-corrected chi connectivity index (χ0v) is 9.06. The Hall–Kier alpha value is -0.900. The first-order chi connectivity index (χ1) is 7.10. The van der Waals surface area contributed by atoms with Crippen LogP contribution in [0.5, 0.6) is 0 Å². The molecule has 1 aromatic carbocycles. The molecular weight excluding hydrogens is 192 g/mol. The molecule has 1 fully saturated rings. The van der Waals surface area contributed by atoms with E-state index in [2.05, 4.69) is 0 Å². The van der Waals surface area contributed by atoms with Gasteiger partial charge in [0.05, 0.1) is 6.61 Å². The molecule has 0 aromatic heterocycles. The Morgan fingerprint density at radius 3 is 2.20 bits per heavy atom. The molecule has 1 aliphatic rings. The minimum Gasteiger partial charge on any atom is -0.393 e. The van der Waals surface area contributed by atoms with Crippen molar-refractivity contribution >= 4 is 0 Å². The van der Waals surface area contributed by atoms with Gasteiger partial charge in [0.1, 0.15) is 5.60 Å². The third kappa shape index (κ3) is 1.67. The molecule has 3 nitrogen and oxygen atoms in total. The lowest BCUT2D eigenvalue weighted by Gasteiger charge is -2.52. The SMILES string of the molecule is CC1(C)OOC1(CO)Cc1ccccc1. The third-order valence-corrected chi connectivity index (χ3v) is 3.09. The normalized spacial score (nSPS) is 28.5. The monoisotopic (exact) mass is 208 g/mol. The fraction of sp³-hybridized carbons (Fsp3) is 0.500. The number of aliphatic hydroxyl groups excluding tert-OH is 1. The van der Waals surface area contributed by atoms with Crippen LogP contribution in [0.3, 0.4) is 0 Å². The highest BCUT2D eigenvalue weighted by Crippen LogP contribution is 2.42. The molecule has 0 saturated carbocycles. The van der Waals surface area contributed by atoms with E-state index in [1.54, 1.807) is 0 Å². The molecule has 82 valence electrons. The van der Waals surface area contributed by atoms with Crippen molar-refractivity contribution in [1.29, 1.82) is 0 Å². The molecular formula is C12H16O3. The maximum Gasteiger partial charge on any atom is 0.162 e. The summed E-state index contributed by atoms with van der Waals surface area (Å²) in [5.74, 6) is 0. The highest BCUT2D eigenvalue weighted by Gasteiger charge is 2.57. The van der Waals surface area contributed by atoms with E-state index in [-0.39, 0.29) is 6.61 Å². The number of aliphatic hydroxyl groups is 1. The van der Waals surface area contributed by atoms with E-state index in [1.165, 1.54) is 0 Å². The summed E-state index contributed by atoms with van der Waals surface area (Å²) in [7, 11) is 0. The molecule has 1 heterocycles. The molecule has 0 amide bonds. The Morgan fingerprint density at radius 1 is 1.13 bits per heavy atom. The number of rotatable bonds is 3. The predicted octanol–water partition coefficient (Wildman–Crippen LogP) is 1.70. The second-order valence-electron chi connectivity index (χ2n) is 4.49. The zero-order chi connectivity index (χ0) is 10.9. The van der Waals surface area contributed by atoms with Crippen molar-refractivity contribution in [1.82, 2.24) is 0 Å². The molecule has 2 rings (SSSR count). The second kappa shape index (κ2) is 3.59. The molecule has 1 N–H and O–H groups in total. The van der Waals surface area contributed by atoms with E-state index in [9.17, 15) is 5.11 Å². The lowest BCUT2D eigenvalue weighted by molar-refractivity contribution is -0.548. The third-order valence-electron chi connectivity index (χ3n) is 3.09. The largest absolute Gasteiger partial charge is 0.393 e. The maximum absolute atomic E-state index is 9.43. The van der Waals surface area contributed by atoms with Gasteiger partial charge in [-0.05, 0) is 19.4 Å². The van der Waals surface area contributed by atoms with Crippen molar-refractivity contribution < 1.29 is 14.9 Å². The lowest BCUT2D eigenvalue weighted by atomic mass is 9.79. The van der Waals surface area contributed by atoms with Crippen molar-refractivity contribution in [3.63, 3.8) is 0 Å². The summed E-state index contributed by atoms with van der Waals surface area (Å²) in [5.41, 5.74) is 0.106. The van der Waals surface area contributed by atoms with Crippen LogP contribution in [0.25, 0.3) is 0 Å². The summed E-state index contributed by atoms with van der Waals surface area (Å²) in [6.07, 6.45) is 0.664. The van der Waals surface area contributed by atoms with Gasteiger partial charge in [-0.3, -0.25) is 0 Å². The first-order valence-corrected chi connectivity index (χ1v) is 5.11. The van der Waals surface area contributed by atoms with Gasteiger partial charge in [-0.2, -0.15) is 0 Å².